The Bertz CT molecular complexity index is 1310. The molecular weight excluding hydrogens is 442 g/mol. The van der Waals surface area contributed by atoms with E-state index in [2.05, 4.69) is 4.99 Å². The normalized spacial score (nSPS) is 12.4. The summed E-state index contributed by atoms with van der Waals surface area (Å²) in [6, 6.07) is 10.2. The average molecular weight is 464 g/mol. The number of ether oxygens (including phenoxy) is 1. The van der Waals surface area contributed by atoms with Gasteiger partial charge in [0.2, 0.25) is 0 Å². The van der Waals surface area contributed by atoms with Gasteiger partial charge in [0.05, 0.1) is 32.4 Å². The van der Waals surface area contributed by atoms with E-state index in [0.29, 0.717) is 34.8 Å². The zero-order valence-electron chi connectivity index (χ0n) is 17.0. The van der Waals surface area contributed by atoms with E-state index in [9.17, 15) is 23.3 Å². The summed E-state index contributed by atoms with van der Waals surface area (Å²) in [6.45, 7) is 4.71. The zero-order valence-corrected chi connectivity index (χ0v) is 18.6. The third kappa shape index (κ3) is 5.06. The number of nitro groups is 1. The van der Waals surface area contributed by atoms with E-state index < -0.39 is 20.7 Å². The van der Waals surface area contributed by atoms with Crippen LogP contribution in [0, 0.1) is 10.1 Å². The lowest BCUT2D eigenvalue weighted by atomic mass is 10.2. The van der Waals surface area contributed by atoms with Crippen molar-refractivity contribution in [3.63, 3.8) is 0 Å². The molecule has 0 bridgehead atoms. The lowest BCUT2D eigenvalue weighted by Crippen LogP contribution is -2.19. The first kappa shape index (κ1) is 22.8. The predicted molar refractivity (Wildman–Crippen MR) is 117 cm³/mol. The number of non-ortho nitro benzene ring substituents is 1. The van der Waals surface area contributed by atoms with Gasteiger partial charge >= 0.3 is 0 Å². The highest BCUT2D eigenvalue weighted by Crippen LogP contribution is 2.23. The van der Waals surface area contributed by atoms with Crippen molar-refractivity contribution in [1.82, 2.24) is 4.57 Å². The number of hydrogen-bond acceptors (Lipinski definition) is 7. The quantitative estimate of drug-likeness (QED) is 0.287. The Morgan fingerprint density at radius 1 is 1.23 bits per heavy atom. The number of nitrogens with zero attached hydrogens (tertiary/aromatic N) is 3. The second-order valence-electron chi connectivity index (χ2n) is 6.49. The number of aromatic nitrogens is 1. The van der Waals surface area contributed by atoms with Crippen molar-refractivity contribution in [1.29, 1.82) is 0 Å². The molecule has 3 aromatic rings. The van der Waals surface area contributed by atoms with Gasteiger partial charge in [-0.3, -0.25) is 14.9 Å². The molecule has 0 aliphatic carbocycles. The number of benzene rings is 2. The monoisotopic (exact) mass is 463 g/mol. The Hall–Kier alpha value is -2.89. The fourth-order valence-electron chi connectivity index (χ4n) is 2.92. The molecule has 9 nitrogen and oxygen atoms in total. The van der Waals surface area contributed by atoms with Gasteiger partial charge in [-0.1, -0.05) is 24.3 Å². The molecule has 0 atom stereocenters. The molecule has 0 saturated heterocycles. The molecular formula is C20H21N3O6S2. The van der Waals surface area contributed by atoms with Gasteiger partial charge in [0.25, 0.3) is 11.6 Å². The van der Waals surface area contributed by atoms with E-state index in [0.717, 1.165) is 11.3 Å². The molecule has 1 amide bonds. The number of rotatable bonds is 8. The van der Waals surface area contributed by atoms with Gasteiger partial charge in [-0.2, -0.15) is 4.99 Å². The molecule has 0 unspecified atom stereocenters. The maximum Gasteiger partial charge on any atom is 0.279 e. The highest BCUT2D eigenvalue weighted by Gasteiger charge is 2.16. The van der Waals surface area contributed by atoms with Gasteiger partial charge in [0, 0.05) is 30.8 Å². The largest absolute Gasteiger partial charge is 0.380 e. The van der Waals surface area contributed by atoms with Crippen LogP contribution < -0.4 is 4.80 Å². The van der Waals surface area contributed by atoms with E-state index in [1.165, 1.54) is 43.3 Å². The van der Waals surface area contributed by atoms with Crippen LogP contribution in [0.15, 0.2) is 52.4 Å². The third-order valence-corrected chi connectivity index (χ3v) is 7.33. The molecule has 1 heterocycles. The van der Waals surface area contributed by atoms with Crippen LogP contribution in [-0.4, -0.2) is 42.8 Å². The van der Waals surface area contributed by atoms with Crippen LogP contribution in [0.4, 0.5) is 5.69 Å². The highest BCUT2D eigenvalue weighted by molar-refractivity contribution is 7.91. The molecule has 3 rings (SSSR count). The minimum atomic E-state index is -3.46. The Labute approximate surface area is 182 Å². The maximum atomic E-state index is 12.8. The van der Waals surface area contributed by atoms with Gasteiger partial charge in [-0.05, 0) is 31.2 Å². The van der Waals surface area contributed by atoms with Crippen LogP contribution in [0.5, 0.6) is 0 Å². The molecule has 0 aliphatic heterocycles. The molecule has 0 radical (unpaired) electrons. The van der Waals surface area contributed by atoms with Crippen LogP contribution in [0.2, 0.25) is 0 Å². The zero-order chi connectivity index (χ0) is 22.6. The van der Waals surface area contributed by atoms with Gasteiger partial charge in [-0.15, -0.1) is 0 Å². The van der Waals surface area contributed by atoms with E-state index >= 15 is 0 Å². The Balaban J connectivity index is 2.09. The summed E-state index contributed by atoms with van der Waals surface area (Å²) in [7, 11) is -3.46. The van der Waals surface area contributed by atoms with Gasteiger partial charge in [0.1, 0.15) is 0 Å². The fourth-order valence-corrected chi connectivity index (χ4v) is 4.93. The number of amides is 1. The standard InChI is InChI=1S/C20H21N3O6S2/c1-3-29-11-10-22-17-9-8-15(23(25)26)13-18(17)30-20(22)21-19(24)14-6-5-7-16(12-14)31(27,28)4-2/h5-9,12-13H,3-4,10-11H2,1-2H3. The lowest BCUT2D eigenvalue weighted by molar-refractivity contribution is -0.384. The number of carbonyl (C=O) groups excluding carboxylic acids is 1. The molecule has 0 aliphatic rings. The topological polar surface area (TPSA) is 121 Å². The molecule has 164 valence electrons. The molecule has 0 saturated carbocycles. The SMILES string of the molecule is CCOCCn1c(=NC(=O)c2cccc(S(=O)(=O)CC)c2)sc2cc([N+](=O)[O-])ccc21. The minimum Gasteiger partial charge on any atom is -0.380 e. The third-order valence-electron chi connectivity index (χ3n) is 4.56. The summed E-state index contributed by atoms with van der Waals surface area (Å²) >= 11 is 1.15. The Kier molecular flexibility index (Phi) is 6.98. The lowest BCUT2D eigenvalue weighted by Gasteiger charge is -2.05. The molecule has 0 N–H and O–H groups in total. The average Bonchev–Trinajstić information content (AvgIpc) is 3.10. The number of hydrogen-bond donors (Lipinski definition) is 0. The molecule has 31 heavy (non-hydrogen) atoms. The highest BCUT2D eigenvalue weighted by atomic mass is 32.2. The molecule has 2 aromatic carbocycles. The van der Waals surface area contributed by atoms with E-state index in [1.807, 2.05) is 6.92 Å². The summed E-state index contributed by atoms with van der Waals surface area (Å²) in [6.07, 6.45) is 0. The number of thiazole rings is 1. The predicted octanol–water partition coefficient (Wildman–Crippen LogP) is 3.18. The van der Waals surface area contributed by atoms with Crippen LogP contribution in [0.25, 0.3) is 10.2 Å². The Morgan fingerprint density at radius 3 is 2.68 bits per heavy atom. The second kappa shape index (κ2) is 9.50. The van der Waals surface area contributed by atoms with Crippen LogP contribution in [-0.2, 0) is 21.1 Å². The summed E-state index contributed by atoms with van der Waals surface area (Å²) in [5.41, 5.74) is 0.791. The number of sulfone groups is 1. The summed E-state index contributed by atoms with van der Waals surface area (Å²) in [5, 5.41) is 11.1. The van der Waals surface area contributed by atoms with Crippen LogP contribution in [0.3, 0.4) is 0 Å². The molecule has 0 fully saturated rings. The summed E-state index contributed by atoms with van der Waals surface area (Å²) in [4.78, 5) is 28.0. The molecule has 11 heteroatoms. The van der Waals surface area contributed by atoms with Crippen LogP contribution in [0.1, 0.15) is 24.2 Å². The molecule has 1 aromatic heterocycles. The van der Waals surface area contributed by atoms with Crippen molar-refractivity contribution < 1.29 is 22.9 Å². The van der Waals surface area contributed by atoms with Crippen molar-refractivity contribution >= 4 is 43.0 Å². The Morgan fingerprint density at radius 2 is 2.00 bits per heavy atom. The first-order chi connectivity index (χ1) is 14.8. The van der Waals surface area contributed by atoms with Gasteiger partial charge < -0.3 is 9.30 Å². The van der Waals surface area contributed by atoms with Gasteiger partial charge in [0.15, 0.2) is 14.6 Å². The molecule has 0 spiro atoms. The van der Waals surface area contributed by atoms with E-state index in [-0.39, 0.29) is 21.9 Å². The second-order valence-corrected chi connectivity index (χ2v) is 9.78. The van der Waals surface area contributed by atoms with Crippen molar-refractivity contribution in [3.8, 4) is 0 Å². The van der Waals surface area contributed by atoms with Crippen molar-refractivity contribution in [2.24, 2.45) is 4.99 Å². The number of fused-ring (bicyclic) bond motifs is 1. The van der Waals surface area contributed by atoms with E-state index in [4.69, 9.17) is 4.74 Å². The fraction of sp³-hybridized carbons (Fsp3) is 0.300. The van der Waals surface area contributed by atoms with Crippen molar-refractivity contribution in [2.45, 2.75) is 25.3 Å². The van der Waals surface area contributed by atoms with Crippen LogP contribution >= 0.6 is 11.3 Å². The summed E-state index contributed by atoms with van der Waals surface area (Å²) in [5.74, 6) is -0.673. The summed E-state index contributed by atoms with van der Waals surface area (Å²) < 4.78 is 32.0. The van der Waals surface area contributed by atoms with Crippen molar-refractivity contribution in [3.05, 3.63) is 62.9 Å². The number of nitro benzene ring substituents is 1. The smallest absolute Gasteiger partial charge is 0.279 e. The first-order valence-corrected chi connectivity index (χ1v) is 12.0. The van der Waals surface area contributed by atoms with Crippen molar-refractivity contribution in [2.75, 3.05) is 19.0 Å². The van der Waals surface area contributed by atoms with E-state index in [1.54, 1.807) is 10.6 Å². The maximum absolute atomic E-state index is 12.8. The minimum absolute atomic E-state index is 0.0546. The van der Waals surface area contributed by atoms with Gasteiger partial charge in [-0.25, -0.2) is 8.42 Å². The first-order valence-electron chi connectivity index (χ1n) is 9.54. The number of carbonyl (C=O) groups is 1.